The van der Waals surface area contributed by atoms with Crippen LogP contribution in [0.4, 0.5) is 4.79 Å². The van der Waals surface area contributed by atoms with Gasteiger partial charge in [0.2, 0.25) is 0 Å². The molecule has 0 aliphatic heterocycles. The summed E-state index contributed by atoms with van der Waals surface area (Å²) < 4.78 is 4.79. The Labute approximate surface area is 60.3 Å². The van der Waals surface area contributed by atoms with Crippen LogP contribution in [0.25, 0.3) is 0 Å². The summed E-state index contributed by atoms with van der Waals surface area (Å²) in [5.41, 5.74) is 1.58. The van der Waals surface area contributed by atoms with Crippen molar-refractivity contribution < 1.29 is 9.53 Å². The highest BCUT2D eigenvalue weighted by molar-refractivity contribution is 5.67. The fraction of sp³-hybridized carbons (Fsp3) is 0.667. The van der Waals surface area contributed by atoms with Gasteiger partial charge in [0.25, 0.3) is 0 Å². The van der Waals surface area contributed by atoms with E-state index in [1.165, 1.54) is 0 Å². The number of hydrogen-bond acceptors (Lipinski definition) is 3. The van der Waals surface area contributed by atoms with Crippen LogP contribution >= 0.6 is 0 Å². The Morgan fingerprint density at radius 2 is 2.10 bits per heavy atom. The zero-order valence-electron chi connectivity index (χ0n) is 6.47. The first-order valence-corrected chi connectivity index (χ1v) is 2.90. The van der Waals surface area contributed by atoms with Crippen molar-refractivity contribution in [2.24, 2.45) is 5.10 Å². The predicted molar refractivity (Wildman–Crippen MR) is 38.9 cm³/mol. The number of amides is 1. The Hall–Kier alpha value is -1.06. The lowest BCUT2D eigenvalue weighted by Gasteiger charge is -2.18. The number of hydrogen-bond donors (Lipinski definition) is 1. The van der Waals surface area contributed by atoms with Crippen molar-refractivity contribution in [3.63, 3.8) is 0 Å². The number of rotatable bonds is 1. The molecule has 0 aliphatic rings. The molecule has 0 heterocycles. The van der Waals surface area contributed by atoms with Gasteiger partial charge < -0.3 is 4.74 Å². The van der Waals surface area contributed by atoms with Gasteiger partial charge in [-0.25, -0.2) is 10.2 Å². The molecule has 0 aromatic carbocycles. The number of nitrogens with one attached hydrogen (secondary N) is 1. The smallest absolute Gasteiger partial charge is 0.428 e. The first-order valence-electron chi connectivity index (χ1n) is 2.90. The van der Waals surface area contributed by atoms with Crippen molar-refractivity contribution >= 4 is 12.8 Å². The molecule has 0 spiro atoms. The number of carbonyl (C=O) groups is 1. The largest absolute Gasteiger partial charge is 0.443 e. The quantitative estimate of drug-likeness (QED) is 0.443. The third-order valence-corrected chi connectivity index (χ3v) is 0.569. The molecular weight excluding hydrogens is 132 g/mol. The number of carbonyl (C=O) groups excluding carboxylic acids is 1. The molecule has 4 heteroatoms. The van der Waals surface area contributed by atoms with E-state index in [0.717, 1.165) is 0 Å². The molecule has 0 rings (SSSR count). The van der Waals surface area contributed by atoms with Crippen LogP contribution < -0.4 is 5.43 Å². The van der Waals surface area contributed by atoms with E-state index in [1.54, 1.807) is 20.8 Å². The molecule has 0 radical (unpaired) electrons. The van der Waals surface area contributed by atoms with Crippen molar-refractivity contribution in [2.75, 3.05) is 0 Å². The highest BCUT2D eigenvalue weighted by Gasteiger charge is 2.14. The van der Waals surface area contributed by atoms with Gasteiger partial charge in [0.15, 0.2) is 0 Å². The normalized spacial score (nSPS) is 10.3. The molecule has 1 N–H and O–H groups in total. The summed E-state index contributed by atoms with van der Waals surface area (Å²) in [7, 11) is 0. The van der Waals surface area contributed by atoms with E-state index in [0.29, 0.717) is 0 Å². The van der Waals surface area contributed by atoms with Gasteiger partial charge in [0.1, 0.15) is 5.60 Å². The van der Waals surface area contributed by atoms with Crippen LogP contribution in [0, 0.1) is 0 Å². The fourth-order valence-corrected chi connectivity index (χ4v) is 0.365. The summed E-state index contributed by atoms with van der Waals surface area (Å²) in [6, 6.07) is 0. The highest BCUT2D eigenvalue weighted by Crippen LogP contribution is 2.05. The van der Waals surface area contributed by atoms with Crippen molar-refractivity contribution in [1.82, 2.24) is 5.43 Å². The fourth-order valence-electron chi connectivity index (χ4n) is 0.365. The van der Waals surface area contributed by atoms with E-state index < -0.39 is 11.7 Å². The van der Waals surface area contributed by atoms with Gasteiger partial charge in [-0.1, -0.05) is 0 Å². The van der Waals surface area contributed by atoms with Crippen LogP contribution in [0.3, 0.4) is 0 Å². The van der Waals surface area contributed by atoms with Crippen molar-refractivity contribution in [3.05, 3.63) is 0 Å². The maximum atomic E-state index is 10.6. The lowest BCUT2D eigenvalue weighted by atomic mass is 10.2. The average Bonchev–Trinajstić information content (AvgIpc) is 1.59. The van der Waals surface area contributed by atoms with Crippen molar-refractivity contribution in [3.8, 4) is 0 Å². The van der Waals surface area contributed by atoms with Gasteiger partial charge in [0, 0.05) is 6.72 Å². The van der Waals surface area contributed by atoms with Gasteiger partial charge in [-0.3, -0.25) is 0 Å². The minimum atomic E-state index is -0.581. The van der Waals surface area contributed by atoms with Crippen LogP contribution in [-0.2, 0) is 4.74 Å². The topological polar surface area (TPSA) is 50.7 Å². The SMILES string of the molecule is C=NNC(=O)OC(C)(C)C. The first-order chi connectivity index (χ1) is 4.45. The van der Waals surface area contributed by atoms with Gasteiger partial charge in [-0.2, -0.15) is 5.10 Å². The van der Waals surface area contributed by atoms with E-state index in [1.807, 2.05) is 0 Å². The second-order valence-electron chi connectivity index (χ2n) is 2.77. The summed E-state index contributed by atoms with van der Waals surface area (Å²) in [5.74, 6) is 0. The molecule has 0 aromatic rings. The second-order valence-corrected chi connectivity index (χ2v) is 2.77. The summed E-state index contributed by atoms with van der Waals surface area (Å²) in [5, 5.41) is 3.15. The number of ether oxygens (including phenoxy) is 1. The zero-order chi connectivity index (χ0) is 8.20. The van der Waals surface area contributed by atoms with Crippen LogP contribution in [-0.4, -0.2) is 18.4 Å². The standard InChI is InChI=1S/C6H12N2O2/c1-6(2,3)10-5(9)8-7-4/h4H2,1-3H3,(H,8,9). The van der Waals surface area contributed by atoms with E-state index in [2.05, 4.69) is 17.2 Å². The molecule has 0 unspecified atom stereocenters. The minimum absolute atomic E-state index is 0.477. The van der Waals surface area contributed by atoms with Crippen LogP contribution in [0.2, 0.25) is 0 Å². The van der Waals surface area contributed by atoms with Gasteiger partial charge >= 0.3 is 6.09 Å². The Balaban J connectivity index is 3.68. The average molecular weight is 144 g/mol. The molecule has 0 saturated carbocycles. The van der Waals surface area contributed by atoms with Crippen LogP contribution in [0.15, 0.2) is 5.10 Å². The molecule has 0 saturated heterocycles. The molecule has 0 atom stereocenters. The molecule has 58 valence electrons. The van der Waals surface area contributed by atoms with Gasteiger partial charge in [-0.05, 0) is 20.8 Å². The second kappa shape index (κ2) is 3.20. The Morgan fingerprint density at radius 3 is 2.40 bits per heavy atom. The zero-order valence-corrected chi connectivity index (χ0v) is 6.47. The van der Waals surface area contributed by atoms with E-state index in [9.17, 15) is 4.79 Å². The molecule has 1 amide bonds. The summed E-state index contributed by atoms with van der Waals surface area (Å²) in [4.78, 5) is 10.6. The number of hydrazone groups is 1. The molecule has 4 nitrogen and oxygen atoms in total. The lowest BCUT2D eigenvalue weighted by Crippen LogP contribution is -2.29. The van der Waals surface area contributed by atoms with Crippen LogP contribution in [0.1, 0.15) is 20.8 Å². The Morgan fingerprint density at radius 1 is 1.60 bits per heavy atom. The maximum Gasteiger partial charge on any atom is 0.428 e. The van der Waals surface area contributed by atoms with E-state index in [4.69, 9.17) is 4.74 Å². The molecule has 0 fully saturated rings. The third-order valence-electron chi connectivity index (χ3n) is 0.569. The maximum absolute atomic E-state index is 10.6. The van der Waals surface area contributed by atoms with Crippen molar-refractivity contribution in [1.29, 1.82) is 0 Å². The molecule has 0 bridgehead atoms. The highest BCUT2D eigenvalue weighted by atomic mass is 16.6. The van der Waals surface area contributed by atoms with E-state index in [-0.39, 0.29) is 0 Å². The third kappa shape index (κ3) is 5.08. The molecular formula is C6H12N2O2. The minimum Gasteiger partial charge on any atom is -0.443 e. The lowest BCUT2D eigenvalue weighted by molar-refractivity contribution is 0.0530. The summed E-state index contributed by atoms with van der Waals surface area (Å²) in [6.07, 6.45) is -0.581. The molecule has 0 aromatic heterocycles. The summed E-state index contributed by atoms with van der Waals surface area (Å²) in [6.45, 7) is 8.39. The van der Waals surface area contributed by atoms with Crippen LogP contribution in [0.5, 0.6) is 0 Å². The molecule has 0 aliphatic carbocycles. The van der Waals surface area contributed by atoms with Crippen molar-refractivity contribution in [2.45, 2.75) is 26.4 Å². The van der Waals surface area contributed by atoms with Gasteiger partial charge in [0.05, 0.1) is 0 Å². The van der Waals surface area contributed by atoms with E-state index >= 15 is 0 Å². The van der Waals surface area contributed by atoms with Gasteiger partial charge in [-0.15, -0.1) is 0 Å². The number of nitrogens with zero attached hydrogens (tertiary/aromatic N) is 1. The predicted octanol–water partition coefficient (Wildman–Crippen LogP) is 1.13. The molecule has 10 heavy (non-hydrogen) atoms. The first kappa shape index (κ1) is 8.94. The monoisotopic (exact) mass is 144 g/mol. The Kier molecular flexibility index (Phi) is 2.86. The Bertz CT molecular complexity index is 137. The summed E-state index contributed by atoms with van der Waals surface area (Å²) >= 11 is 0.